The molecule has 0 aromatic rings. The largest absolute Gasteiger partial charge is 0.399 e. The molecule has 0 heterocycles. The average molecular weight is 212 g/mol. The Morgan fingerprint density at radius 3 is 1.73 bits per heavy atom. The van der Waals surface area contributed by atoms with Gasteiger partial charge >= 0.3 is 10.4 Å². The zero-order chi connectivity index (χ0) is 9.49. The van der Waals surface area contributed by atoms with Crippen molar-refractivity contribution in [2.75, 3.05) is 6.86 Å². The molecule has 0 aliphatic carbocycles. The van der Waals surface area contributed by atoms with E-state index < -0.39 is 28.2 Å². The first-order valence-corrected chi connectivity index (χ1v) is 4.30. The molecule has 0 bridgehead atoms. The van der Waals surface area contributed by atoms with Crippen LogP contribution in [0, 0.1) is 0 Å². The maximum Gasteiger partial charge on any atom is 0.399 e. The molecule has 0 rings (SSSR count). The maximum absolute atomic E-state index is 10.7. The molecule has 70 valence electrons. The molecule has 0 aliphatic rings. The van der Waals surface area contributed by atoms with Gasteiger partial charge in [-0.05, 0) is 0 Å². The first-order chi connectivity index (χ1) is 4.79. The van der Waals surface area contributed by atoms with Crippen molar-refractivity contribution >= 4 is 21.4 Å². The summed E-state index contributed by atoms with van der Waals surface area (Å²) in [4.78, 5) is 0. The van der Waals surface area contributed by atoms with Gasteiger partial charge in [-0.3, -0.25) is 9.11 Å². The van der Waals surface area contributed by atoms with Crippen molar-refractivity contribution in [1.82, 2.24) is 0 Å². The van der Waals surface area contributed by atoms with Crippen LogP contribution in [0.1, 0.15) is 0 Å². The zero-order valence-corrected chi connectivity index (χ0v) is 6.59. The van der Waals surface area contributed by atoms with Gasteiger partial charge in [0.05, 0.1) is 0 Å². The van der Waals surface area contributed by atoms with E-state index in [0.717, 1.165) is 0 Å². The van der Waals surface area contributed by atoms with E-state index in [0.29, 0.717) is 0 Å². The van der Waals surface area contributed by atoms with Crippen molar-refractivity contribution in [2.24, 2.45) is 0 Å². The quantitative estimate of drug-likeness (QED) is 0.388. The zero-order valence-electron chi connectivity index (χ0n) is 4.88. The summed E-state index contributed by atoms with van der Waals surface area (Å²) in [5.74, 6) is 0. The Morgan fingerprint density at radius 2 is 1.73 bits per heavy atom. The standard InChI is InChI=1S/CH3FO4S.H2O3S/c2-1-6-7(3,4)5;1-4(2)3/h1H2,(H,3,4,5);4H,(H,1,2,3). The molecule has 0 aliphatic heterocycles. The highest BCUT2D eigenvalue weighted by Crippen LogP contribution is 1.82. The predicted octanol–water partition coefficient (Wildman–Crippen LogP) is -1.20. The number of rotatable bonds is 2. The van der Waals surface area contributed by atoms with E-state index in [-0.39, 0.29) is 0 Å². The second-order valence-corrected chi connectivity index (χ2v) is 2.46. The molecular weight excluding hydrogens is 207 g/mol. The minimum Gasteiger partial charge on any atom is -0.288 e. The monoisotopic (exact) mass is 212 g/mol. The fourth-order valence-electron chi connectivity index (χ4n) is 0.0563. The average Bonchev–Trinajstić information content (AvgIpc) is 1.58. The number of thiol groups is 1. The summed E-state index contributed by atoms with van der Waals surface area (Å²) in [6, 6.07) is 0. The van der Waals surface area contributed by atoms with Gasteiger partial charge in [-0.15, -0.1) is 0 Å². The van der Waals surface area contributed by atoms with Crippen LogP contribution in [0.4, 0.5) is 4.39 Å². The summed E-state index contributed by atoms with van der Waals surface area (Å²) >= 11 is 0. The van der Waals surface area contributed by atoms with Gasteiger partial charge in [-0.1, -0.05) is 0 Å². The van der Waals surface area contributed by atoms with Gasteiger partial charge in [0.15, 0.2) is 0 Å². The molecule has 2 N–H and O–H groups in total. The van der Waals surface area contributed by atoms with Crippen LogP contribution in [0.15, 0.2) is 0 Å². The molecule has 10 heteroatoms. The fraction of sp³-hybridized carbons (Fsp3) is 1.00. The van der Waals surface area contributed by atoms with E-state index in [9.17, 15) is 12.8 Å². The first-order valence-electron chi connectivity index (χ1n) is 1.80. The van der Waals surface area contributed by atoms with Gasteiger partial charge in [0, 0.05) is 0 Å². The van der Waals surface area contributed by atoms with Crippen LogP contribution in [0.25, 0.3) is 0 Å². The minimum atomic E-state index is -4.55. The lowest BCUT2D eigenvalue weighted by molar-refractivity contribution is 0.175. The van der Waals surface area contributed by atoms with E-state index in [1.54, 1.807) is 0 Å². The van der Waals surface area contributed by atoms with Gasteiger partial charge in [0.25, 0.3) is 11.0 Å². The van der Waals surface area contributed by atoms with E-state index in [2.05, 4.69) is 4.18 Å². The minimum absolute atomic E-state index is 1.53. The van der Waals surface area contributed by atoms with Crippen LogP contribution < -0.4 is 0 Å². The Morgan fingerprint density at radius 1 is 1.45 bits per heavy atom. The lowest BCUT2D eigenvalue weighted by Gasteiger charge is -1.86. The molecule has 0 aromatic carbocycles. The Labute approximate surface area is 63.5 Å². The summed E-state index contributed by atoms with van der Waals surface area (Å²) in [6.45, 7) is -1.53. The van der Waals surface area contributed by atoms with Crippen molar-refractivity contribution in [3.63, 3.8) is 0 Å². The first kappa shape index (κ1) is 13.3. The Bertz CT molecular complexity index is 229. The van der Waals surface area contributed by atoms with E-state index >= 15 is 0 Å². The molecule has 11 heavy (non-hydrogen) atoms. The molecule has 0 radical (unpaired) electrons. The number of hydrogen-bond acceptors (Lipinski definition) is 5. The predicted molar refractivity (Wildman–Crippen MR) is 31.6 cm³/mol. The van der Waals surface area contributed by atoms with Crippen LogP contribution in [0.5, 0.6) is 0 Å². The van der Waals surface area contributed by atoms with Crippen molar-refractivity contribution in [3.05, 3.63) is 0 Å². The van der Waals surface area contributed by atoms with Crippen molar-refractivity contribution < 1.29 is 34.5 Å². The third-order valence-corrected chi connectivity index (χ3v) is 0.580. The van der Waals surface area contributed by atoms with Gasteiger partial charge in [0.2, 0.25) is 6.86 Å². The molecule has 0 spiro atoms. The number of alkyl halides is 1. The van der Waals surface area contributed by atoms with Crippen molar-refractivity contribution in [3.8, 4) is 0 Å². The lowest BCUT2D eigenvalue weighted by atomic mass is 11.6. The molecule has 0 unspecified atom stereocenters. The Hall–Kier alpha value is -0.290. The molecular formula is CH5FO7S2. The lowest BCUT2D eigenvalue weighted by Crippen LogP contribution is -2.00. The topological polar surface area (TPSA) is 118 Å². The summed E-state index contributed by atoms with van der Waals surface area (Å²) in [6.07, 6.45) is 0. The van der Waals surface area contributed by atoms with Gasteiger partial charge < -0.3 is 0 Å². The summed E-state index contributed by atoms with van der Waals surface area (Å²) in [5.41, 5.74) is 0. The van der Waals surface area contributed by atoms with Crippen molar-refractivity contribution in [1.29, 1.82) is 0 Å². The summed E-state index contributed by atoms with van der Waals surface area (Å²) in [7, 11) is -7.67. The molecule has 0 atom stereocenters. The van der Waals surface area contributed by atoms with Gasteiger partial charge in [0.1, 0.15) is 0 Å². The van der Waals surface area contributed by atoms with E-state index in [4.69, 9.17) is 17.5 Å². The van der Waals surface area contributed by atoms with Gasteiger partial charge in [-0.2, -0.15) is 8.42 Å². The molecule has 0 aromatic heterocycles. The fourth-order valence-corrected chi connectivity index (χ4v) is 0.169. The summed E-state index contributed by atoms with van der Waals surface area (Å²) < 4.78 is 64.2. The molecule has 0 fully saturated rings. The van der Waals surface area contributed by atoms with Crippen LogP contribution in [-0.4, -0.2) is 32.8 Å². The third kappa shape index (κ3) is 41.9. The Kier molecular flexibility index (Phi) is 7.77. The second kappa shape index (κ2) is 6.42. The highest BCUT2D eigenvalue weighted by atomic mass is 32.3. The smallest absolute Gasteiger partial charge is 0.288 e. The third-order valence-electron chi connectivity index (χ3n) is 0.193. The van der Waals surface area contributed by atoms with Gasteiger partial charge in [-0.25, -0.2) is 17.0 Å². The maximum atomic E-state index is 10.7. The van der Waals surface area contributed by atoms with Crippen LogP contribution in [0.2, 0.25) is 0 Å². The number of halogens is 1. The molecule has 0 saturated heterocycles. The van der Waals surface area contributed by atoms with Crippen LogP contribution in [0.3, 0.4) is 0 Å². The molecule has 0 saturated carbocycles. The molecule has 7 nitrogen and oxygen atoms in total. The SMILES string of the molecule is O=S(=O)(O)OCF.O=[SH](=O)O. The second-order valence-electron chi connectivity index (χ2n) is 0.893. The van der Waals surface area contributed by atoms with E-state index in [1.807, 2.05) is 0 Å². The van der Waals surface area contributed by atoms with Crippen molar-refractivity contribution in [2.45, 2.75) is 0 Å². The van der Waals surface area contributed by atoms with Crippen LogP contribution >= 0.6 is 0 Å². The molecule has 0 amide bonds. The highest BCUT2D eigenvalue weighted by Gasteiger charge is 1.99. The van der Waals surface area contributed by atoms with E-state index in [1.165, 1.54) is 0 Å². The summed E-state index contributed by atoms with van der Waals surface area (Å²) in [5, 5.41) is 0. The normalized spacial score (nSPS) is 10.5. The van der Waals surface area contributed by atoms with Crippen LogP contribution in [-0.2, 0) is 25.6 Å². The highest BCUT2D eigenvalue weighted by molar-refractivity contribution is 7.80. The Balaban J connectivity index is 0. The number of hydrogen-bond donors (Lipinski definition) is 3.